The predicted molar refractivity (Wildman–Crippen MR) is 103 cm³/mol. The highest BCUT2D eigenvalue weighted by atomic mass is 32.1. The summed E-state index contributed by atoms with van der Waals surface area (Å²) in [5.74, 6) is 0.391. The van der Waals surface area contributed by atoms with Crippen LogP contribution in [0.4, 0.5) is 0 Å². The van der Waals surface area contributed by atoms with E-state index in [9.17, 15) is 9.59 Å². The standard InChI is InChI=1S/C19H20N4O2S/c1-11-15-12(2)22-13(3)23-19(15)26-16(11)18(25)21-10-9-20-17(24)14-7-5-4-6-8-14/h4-8H,9-10H2,1-3H3,(H,20,24)(H,21,25). The van der Waals surface area contributed by atoms with Gasteiger partial charge >= 0.3 is 0 Å². The second kappa shape index (κ2) is 7.61. The number of nitrogens with one attached hydrogen (secondary N) is 2. The maximum absolute atomic E-state index is 12.5. The van der Waals surface area contributed by atoms with E-state index in [4.69, 9.17) is 0 Å². The Bertz CT molecular complexity index is 967. The van der Waals surface area contributed by atoms with Gasteiger partial charge in [0, 0.05) is 29.7 Å². The van der Waals surface area contributed by atoms with Crippen molar-refractivity contribution < 1.29 is 9.59 Å². The van der Waals surface area contributed by atoms with E-state index in [0.717, 1.165) is 21.5 Å². The number of nitrogens with zero attached hydrogens (tertiary/aromatic N) is 2. The molecule has 2 aromatic heterocycles. The summed E-state index contributed by atoms with van der Waals surface area (Å²) < 4.78 is 0. The van der Waals surface area contributed by atoms with Crippen LogP contribution in [0.3, 0.4) is 0 Å². The van der Waals surface area contributed by atoms with Crippen molar-refractivity contribution >= 4 is 33.4 Å². The third kappa shape index (κ3) is 3.72. The third-order valence-electron chi connectivity index (χ3n) is 4.02. The molecule has 6 nitrogen and oxygen atoms in total. The van der Waals surface area contributed by atoms with E-state index in [1.165, 1.54) is 11.3 Å². The van der Waals surface area contributed by atoms with Crippen molar-refractivity contribution in [3.05, 3.63) is 57.9 Å². The molecule has 0 aliphatic carbocycles. The molecule has 0 aliphatic rings. The summed E-state index contributed by atoms with van der Waals surface area (Å²) in [7, 11) is 0. The summed E-state index contributed by atoms with van der Waals surface area (Å²) >= 11 is 1.37. The Morgan fingerprint density at radius 2 is 1.62 bits per heavy atom. The van der Waals surface area contributed by atoms with Gasteiger partial charge in [-0.1, -0.05) is 18.2 Å². The number of carbonyl (C=O) groups excluding carboxylic acids is 2. The van der Waals surface area contributed by atoms with E-state index < -0.39 is 0 Å². The average molecular weight is 368 g/mol. The van der Waals surface area contributed by atoms with Crippen molar-refractivity contribution in [2.75, 3.05) is 13.1 Å². The topological polar surface area (TPSA) is 84.0 Å². The fourth-order valence-corrected chi connectivity index (χ4v) is 4.01. The second-order valence-electron chi connectivity index (χ2n) is 5.97. The van der Waals surface area contributed by atoms with Crippen LogP contribution < -0.4 is 10.6 Å². The maximum atomic E-state index is 12.5. The molecule has 2 amide bonds. The first-order valence-corrected chi connectivity index (χ1v) is 9.15. The number of thiophene rings is 1. The van der Waals surface area contributed by atoms with Gasteiger partial charge in [0.05, 0.1) is 4.88 Å². The zero-order valence-corrected chi connectivity index (χ0v) is 15.7. The van der Waals surface area contributed by atoms with E-state index in [2.05, 4.69) is 20.6 Å². The quantitative estimate of drug-likeness (QED) is 0.678. The highest BCUT2D eigenvalue weighted by Crippen LogP contribution is 2.31. The first-order chi connectivity index (χ1) is 12.5. The van der Waals surface area contributed by atoms with Crippen LogP contribution in [-0.4, -0.2) is 34.9 Å². The lowest BCUT2D eigenvalue weighted by molar-refractivity contribution is 0.0929. The Hall–Kier alpha value is -2.80. The Morgan fingerprint density at radius 1 is 0.962 bits per heavy atom. The molecule has 7 heteroatoms. The van der Waals surface area contributed by atoms with Crippen LogP contribution in [0.15, 0.2) is 30.3 Å². The van der Waals surface area contributed by atoms with Gasteiger partial charge in [-0.05, 0) is 38.5 Å². The molecule has 1 aromatic carbocycles. The van der Waals surface area contributed by atoms with Gasteiger partial charge in [0.1, 0.15) is 10.7 Å². The molecular formula is C19H20N4O2S. The average Bonchev–Trinajstić information content (AvgIpc) is 2.95. The van der Waals surface area contributed by atoms with Crippen LogP contribution in [0.25, 0.3) is 10.2 Å². The number of rotatable bonds is 5. The minimum Gasteiger partial charge on any atom is -0.350 e. The summed E-state index contributed by atoms with van der Waals surface area (Å²) in [6.07, 6.45) is 0. The Kier molecular flexibility index (Phi) is 5.27. The van der Waals surface area contributed by atoms with Crippen molar-refractivity contribution in [1.82, 2.24) is 20.6 Å². The van der Waals surface area contributed by atoms with Crippen molar-refractivity contribution in [1.29, 1.82) is 0 Å². The molecule has 0 bridgehead atoms. The Balaban J connectivity index is 1.60. The summed E-state index contributed by atoms with van der Waals surface area (Å²) in [5.41, 5.74) is 2.38. The Morgan fingerprint density at radius 3 is 2.31 bits per heavy atom. The highest BCUT2D eigenvalue weighted by Gasteiger charge is 2.18. The first-order valence-electron chi connectivity index (χ1n) is 8.33. The van der Waals surface area contributed by atoms with Gasteiger partial charge in [0.2, 0.25) is 0 Å². The van der Waals surface area contributed by atoms with E-state index >= 15 is 0 Å². The molecule has 134 valence electrons. The van der Waals surface area contributed by atoms with Crippen LogP contribution in [0.5, 0.6) is 0 Å². The predicted octanol–water partition coefficient (Wildman–Crippen LogP) is 2.78. The molecule has 0 saturated heterocycles. The van der Waals surface area contributed by atoms with E-state index in [1.807, 2.05) is 39.0 Å². The molecule has 0 fully saturated rings. The lowest BCUT2D eigenvalue weighted by Gasteiger charge is -2.07. The molecule has 2 heterocycles. The summed E-state index contributed by atoms with van der Waals surface area (Å²) in [6.45, 7) is 6.40. The van der Waals surface area contributed by atoms with Gasteiger partial charge in [-0.15, -0.1) is 11.3 Å². The lowest BCUT2D eigenvalue weighted by Crippen LogP contribution is -2.34. The maximum Gasteiger partial charge on any atom is 0.261 e. The van der Waals surface area contributed by atoms with Gasteiger partial charge in [0.15, 0.2) is 0 Å². The third-order valence-corrected chi connectivity index (χ3v) is 5.21. The summed E-state index contributed by atoms with van der Waals surface area (Å²) in [4.78, 5) is 34.7. The number of benzene rings is 1. The van der Waals surface area contributed by atoms with Crippen LogP contribution in [0.2, 0.25) is 0 Å². The molecule has 0 unspecified atom stereocenters. The number of carbonyl (C=O) groups is 2. The number of amides is 2. The molecule has 3 aromatic rings. The zero-order chi connectivity index (χ0) is 18.7. The molecule has 0 spiro atoms. The molecule has 0 atom stereocenters. The lowest BCUT2D eigenvalue weighted by atomic mass is 10.1. The Labute approximate surface area is 155 Å². The molecule has 2 N–H and O–H groups in total. The SMILES string of the molecule is Cc1nc(C)c2c(C)c(C(=O)NCCNC(=O)c3ccccc3)sc2n1. The minimum atomic E-state index is -0.156. The molecule has 0 radical (unpaired) electrons. The van der Waals surface area contributed by atoms with Crippen molar-refractivity contribution in [2.24, 2.45) is 0 Å². The van der Waals surface area contributed by atoms with Gasteiger partial charge in [0.25, 0.3) is 11.8 Å². The first kappa shape index (κ1) is 18.0. The van der Waals surface area contributed by atoms with Crippen molar-refractivity contribution in [3.63, 3.8) is 0 Å². The number of hydrogen-bond donors (Lipinski definition) is 2. The molecule has 0 saturated carbocycles. The summed E-state index contributed by atoms with van der Waals surface area (Å²) in [5, 5.41) is 6.59. The fraction of sp³-hybridized carbons (Fsp3) is 0.263. The minimum absolute atomic E-state index is 0.153. The highest BCUT2D eigenvalue weighted by molar-refractivity contribution is 7.20. The van der Waals surface area contributed by atoms with Gasteiger partial charge in [-0.25, -0.2) is 9.97 Å². The summed E-state index contributed by atoms with van der Waals surface area (Å²) in [6, 6.07) is 8.98. The monoisotopic (exact) mass is 368 g/mol. The van der Waals surface area contributed by atoms with Crippen LogP contribution >= 0.6 is 11.3 Å². The van der Waals surface area contributed by atoms with Crippen molar-refractivity contribution in [2.45, 2.75) is 20.8 Å². The van der Waals surface area contributed by atoms with Crippen LogP contribution in [0.1, 0.15) is 37.1 Å². The molecule has 0 aliphatic heterocycles. The van der Waals surface area contributed by atoms with Gasteiger partial charge < -0.3 is 10.6 Å². The molecule has 26 heavy (non-hydrogen) atoms. The smallest absolute Gasteiger partial charge is 0.261 e. The fourth-order valence-electron chi connectivity index (χ4n) is 2.81. The van der Waals surface area contributed by atoms with E-state index in [1.54, 1.807) is 12.1 Å². The largest absolute Gasteiger partial charge is 0.350 e. The number of fused-ring (bicyclic) bond motifs is 1. The molecular weight excluding hydrogens is 348 g/mol. The normalized spacial score (nSPS) is 10.7. The number of hydrogen-bond acceptors (Lipinski definition) is 5. The van der Waals surface area contributed by atoms with Crippen molar-refractivity contribution in [3.8, 4) is 0 Å². The van der Waals surface area contributed by atoms with E-state index in [-0.39, 0.29) is 11.8 Å². The number of aryl methyl sites for hydroxylation is 3. The van der Waals surface area contributed by atoms with E-state index in [0.29, 0.717) is 29.4 Å². The number of aromatic nitrogens is 2. The van der Waals surface area contributed by atoms with Gasteiger partial charge in [-0.2, -0.15) is 0 Å². The zero-order valence-electron chi connectivity index (χ0n) is 14.9. The second-order valence-corrected chi connectivity index (χ2v) is 6.97. The van der Waals surface area contributed by atoms with Gasteiger partial charge in [-0.3, -0.25) is 9.59 Å². The molecule has 3 rings (SSSR count). The van der Waals surface area contributed by atoms with Crippen LogP contribution in [-0.2, 0) is 0 Å². The van der Waals surface area contributed by atoms with Crippen LogP contribution in [0, 0.1) is 20.8 Å².